The number of phenolic OH excluding ortho intramolecular Hbond substituents is 2. The van der Waals surface area contributed by atoms with E-state index in [1.807, 2.05) is 0 Å². The van der Waals surface area contributed by atoms with Crippen molar-refractivity contribution in [1.82, 2.24) is 0 Å². The molecule has 1 aromatic carbocycles. The van der Waals surface area contributed by atoms with Gasteiger partial charge in [0.1, 0.15) is 11.5 Å². The third kappa shape index (κ3) is 10.1. The Balaban J connectivity index is 2.57. The summed E-state index contributed by atoms with van der Waals surface area (Å²) in [5, 5.41) is 31.0. The number of aryl methyl sites for hydroxylation is 1. The summed E-state index contributed by atoms with van der Waals surface area (Å²) in [5.74, 6) is 0.289. The zero-order valence-electron chi connectivity index (χ0n) is 20.5. The van der Waals surface area contributed by atoms with Gasteiger partial charge in [0.05, 0.1) is 5.60 Å². The van der Waals surface area contributed by atoms with E-state index in [9.17, 15) is 15.3 Å². The lowest BCUT2D eigenvalue weighted by molar-refractivity contribution is 0.104. The molecule has 0 aliphatic carbocycles. The first kappa shape index (κ1) is 26.8. The molecule has 0 radical (unpaired) electrons. The van der Waals surface area contributed by atoms with Crippen molar-refractivity contribution in [3.63, 3.8) is 0 Å². The first-order valence-corrected chi connectivity index (χ1v) is 11.3. The predicted molar refractivity (Wildman–Crippen MR) is 134 cm³/mol. The van der Waals surface area contributed by atoms with Crippen LogP contribution in [-0.2, 0) is 0 Å². The van der Waals surface area contributed by atoms with Gasteiger partial charge in [0.2, 0.25) is 0 Å². The van der Waals surface area contributed by atoms with Gasteiger partial charge in [0, 0.05) is 11.1 Å². The molecule has 0 heterocycles. The number of benzene rings is 1. The van der Waals surface area contributed by atoms with Crippen molar-refractivity contribution < 1.29 is 15.3 Å². The fraction of sp³-hybridized carbons (Fsp3) is 0.500. The maximum Gasteiger partial charge on any atom is 0.126 e. The average molecular weight is 427 g/mol. The van der Waals surface area contributed by atoms with Gasteiger partial charge in [-0.2, -0.15) is 0 Å². The summed E-state index contributed by atoms with van der Waals surface area (Å²) in [6.07, 6.45) is 15.9. The summed E-state index contributed by atoms with van der Waals surface area (Å²) in [7, 11) is 0. The Bertz CT molecular complexity index is 821. The second-order valence-electron chi connectivity index (χ2n) is 9.29. The van der Waals surface area contributed by atoms with E-state index in [1.165, 1.54) is 16.7 Å². The van der Waals surface area contributed by atoms with Gasteiger partial charge in [-0.05, 0) is 98.6 Å². The van der Waals surface area contributed by atoms with E-state index in [4.69, 9.17) is 0 Å². The predicted octanol–water partition coefficient (Wildman–Crippen LogP) is 7.68. The molecule has 0 saturated carbocycles. The topological polar surface area (TPSA) is 60.7 Å². The van der Waals surface area contributed by atoms with Crippen LogP contribution in [0.4, 0.5) is 0 Å². The number of rotatable bonds is 11. The zero-order chi connectivity index (χ0) is 23.6. The van der Waals surface area contributed by atoms with E-state index >= 15 is 0 Å². The summed E-state index contributed by atoms with van der Waals surface area (Å²) in [5.41, 5.74) is 4.94. The monoisotopic (exact) mass is 426 g/mol. The Labute approximate surface area is 189 Å². The lowest BCUT2D eigenvalue weighted by Gasteiger charge is -2.19. The Morgan fingerprint density at radius 2 is 1.45 bits per heavy atom. The zero-order valence-corrected chi connectivity index (χ0v) is 20.5. The van der Waals surface area contributed by atoms with E-state index in [2.05, 4.69) is 45.9 Å². The molecule has 3 N–H and O–H groups in total. The van der Waals surface area contributed by atoms with Crippen molar-refractivity contribution in [1.29, 1.82) is 0 Å². The molecule has 31 heavy (non-hydrogen) atoms. The summed E-state index contributed by atoms with van der Waals surface area (Å²) >= 11 is 0. The smallest absolute Gasteiger partial charge is 0.126 e. The van der Waals surface area contributed by atoms with E-state index in [1.54, 1.807) is 39.0 Å². The molecule has 1 unspecified atom stereocenters. The van der Waals surface area contributed by atoms with Crippen molar-refractivity contribution in [3.8, 4) is 11.5 Å². The average Bonchev–Trinajstić information content (AvgIpc) is 2.66. The minimum atomic E-state index is -0.990. The van der Waals surface area contributed by atoms with E-state index < -0.39 is 5.60 Å². The van der Waals surface area contributed by atoms with Gasteiger partial charge in [0.15, 0.2) is 0 Å². The fourth-order valence-electron chi connectivity index (χ4n) is 3.41. The molecule has 0 aliphatic heterocycles. The minimum Gasteiger partial charge on any atom is -0.508 e. The highest BCUT2D eigenvalue weighted by molar-refractivity contribution is 5.66. The number of aliphatic hydroxyl groups is 1. The van der Waals surface area contributed by atoms with Crippen LogP contribution in [0.25, 0.3) is 6.08 Å². The molecule has 1 rings (SSSR count). The van der Waals surface area contributed by atoms with Gasteiger partial charge in [-0.3, -0.25) is 0 Å². The van der Waals surface area contributed by atoms with Crippen LogP contribution < -0.4 is 0 Å². The molecule has 0 fully saturated rings. The van der Waals surface area contributed by atoms with Gasteiger partial charge in [-0.1, -0.05) is 47.1 Å². The quantitative estimate of drug-likeness (QED) is 0.251. The van der Waals surface area contributed by atoms with Crippen LogP contribution in [0, 0.1) is 13.8 Å². The van der Waals surface area contributed by atoms with Crippen LogP contribution in [0.5, 0.6) is 11.5 Å². The largest absolute Gasteiger partial charge is 0.508 e. The Hall–Kier alpha value is -2.26. The lowest BCUT2D eigenvalue weighted by atomic mass is 9.95. The second kappa shape index (κ2) is 12.6. The van der Waals surface area contributed by atoms with Crippen molar-refractivity contribution in [2.45, 2.75) is 92.6 Å². The van der Waals surface area contributed by atoms with Gasteiger partial charge in [-0.15, -0.1) is 0 Å². The van der Waals surface area contributed by atoms with Crippen molar-refractivity contribution >= 4 is 6.08 Å². The highest BCUT2D eigenvalue weighted by Gasteiger charge is 2.17. The van der Waals surface area contributed by atoms with Gasteiger partial charge >= 0.3 is 0 Å². The summed E-state index contributed by atoms with van der Waals surface area (Å²) in [4.78, 5) is 0. The Morgan fingerprint density at radius 1 is 0.903 bits per heavy atom. The molecule has 0 saturated heterocycles. The number of phenols is 2. The first-order chi connectivity index (χ1) is 14.4. The maximum absolute atomic E-state index is 10.7. The Kier molecular flexibility index (Phi) is 10.8. The van der Waals surface area contributed by atoms with Crippen LogP contribution in [0.2, 0.25) is 0 Å². The molecular formula is C28H42O3. The number of aromatic hydroxyl groups is 2. The van der Waals surface area contributed by atoms with Crippen LogP contribution in [0.15, 0.2) is 47.1 Å². The molecule has 0 spiro atoms. The molecule has 3 nitrogen and oxygen atoms in total. The lowest BCUT2D eigenvalue weighted by Crippen LogP contribution is -2.19. The molecule has 0 aromatic heterocycles. The highest BCUT2D eigenvalue weighted by Crippen LogP contribution is 2.33. The Morgan fingerprint density at radius 3 is 2.03 bits per heavy atom. The van der Waals surface area contributed by atoms with E-state index in [0.29, 0.717) is 23.1 Å². The first-order valence-electron chi connectivity index (χ1n) is 11.3. The molecule has 1 aromatic rings. The third-order valence-corrected chi connectivity index (χ3v) is 5.65. The molecular weight excluding hydrogens is 384 g/mol. The number of hydrogen-bond donors (Lipinski definition) is 3. The minimum absolute atomic E-state index is 0.141. The number of hydrogen-bond acceptors (Lipinski definition) is 3. The molecule has 0 bridgehead atoms. The highest BCUT2D eigenvalue weighted by atomic mass is 16.3. The van der Waals surface area contributed by atoms with E-state index in [-0.39, 0.29) is 11.5 Å². The normalized spacial score (nSPS) is 14.7. The molecule has 0 aliphatic rings. The van der Waals surface area contributed by atoms with Crippen molar-refractivity contribution in [3.05, 3.63) is 63.8 Å². The second-order valence-corrected chi connectivity index (χ2v) is 9.29. The van der Waals surface area contributed by atoms with E-state index in [0.717, 1.165) is 32.1 Å². The maximum atomic E-state index is 10.7. The van der Waals surface area contributed by atoms with Gasteiger partial charge in [-0.25, -0.2) is 0 Å². The van der Waals surface area contributed by atoms with Crippen LogP contribution >= 0.6 is 0 Å². The SMILES string of the molecule is CC(C)=CCCC(C)=CCCC(C)=CCCC(C)(O)C=Cc1c(C)c(O)cc(C)c1O. The van der Waals surface area contributed by atoms with Gasteiger partial charge in [0.25, 0.3) is 0 Å². The molecule has 172 valence electrons. The molecule has 3 heteroatoms. The summed E-state index contributed by atoms with van der Waals surface area (Å²) < 4.78 is 0. The van der Waals surface area contributed by atoms with Crippen molar-refractivity contribution in [2.75, 3.05) is 0 Å². The standard InChI is InChI=1S/C28H42O3/c1-20(2)11-8-12-21(3)13-9-14-22(4)15-10-17-28(7,31)18-16-25-24(6)26(29)19-23(5)27(25)30/h11,13,15-16,18-19,29-31H,8-10,12,14,17H2,1-7H3. The van der Waals surface area contributed by atoms with Crippen LogP contribution in [0.1, 0.15) is 89.8 Å². The van der Waals surface area contributed by atoms with Crippen LogP contribution in [0.3, 0.4) is 0 Å². The summed E-state index contributed by atoms with van der Waals surface area (Å²) in [6.45, 7) is 13.9. The fourth-order valence-corrected chi connectivity index (χ4v) is 3.41. The molecule has 0 amide bonds. The van der Waals surface area contributed by atoms with Gasteiger partial charge < -0.3 is 15.3 Å². The third-order valence-electron chi connectivity index (χ3n) is 5.65. The summed E-state index contributed by atoms with van der Waals surface area (Å²) in [6, 6.07) is 1.55. The molecule has 1 atom stereocenters. The van der Waals surface area contributed by atoms with Crippen molar-refractivity contribution in [2.24, 2.45) is 0 Å². The van der Waals surface area contributed by atoms with Crippen LogP contribution in [-0.4, -0.2) is 20.9 Å². The number of allylic oxidation sites excluding steroid dienone is 6.